The van der Waals surface area contributed by atoms with Gasteiger partial charge in [0.05, 0.1) is 5.75 Å². The van der Waals surface area contributed by atoms with E-state index in [0.29, 0.717) is 12.2 Å². The molecule has 1 aromatic carbocycles. The lowest BCUT2D eigenvalue weighted by Gasteiger charge is -1.96. The van der Waals surface area contributed by atoms with Crippen molar-refractivity contribution in [3.05, 3.63) is 45.6 Å². The Hall–Kier alpha value is -0.200. The normalized spacial score (nSPS) is 13.2. The third kappa shape index (κ3) is 6.06. The third-order valence-corrected chi connectivity index (χ3v) is 3.20. The summed E-state index contributed by atoms with van der Waals surface area (Å²) in [5, 5.41) is 0. The van der Waals surface area contributed by atoms with E-state index in [9.17, 15) is 4.21 Å². The van der Waals surface area contributed by atoms with Crippen molar-refractivity contribution in [2.75, 3.05) is 5.75 Å². The zero-order valence-corrected chi connectivity index (χ0v) is 11.2. The van der Waals surface area contributed by atoms with Crippen molar-refractivity contribution in [1.82, 2.24) is 0 Å². The van der Waals surface area contributed by atoms with Gasteiger partial charge in [0.2, 0.25) is 0 Å². The first-order chi connectivity index (χ1) is 7.18. The summed E-state index contributed by atoms with van der Waals surface area (Å²) in [5.74, 6) is 0.323. The summed E-state index contributed by atoms with van der Waals surface area (Å²) >= 11 is 0.606. The van der Waals surface area contributed by atoms with E-state index in [2.05, 4.69) is 46.9 Å². The van der Waals surface area contributed by atoms with E-state index in [1.807, 2.05) is 12.2 Å². The molecule has 0 aliphatic rings. The van der Waals surface area contributed by atoms with Crippen molar-refractivity contribution in [3.8, 4) is 0 Å². The molecule has 0 heterocycles. The van der Waals surface area contributed by atoms with Gasteiger partial charge in [0.1, 0.15) is 0 Å². The number of benzene rings is 1. The summed E-state index contributed by atoms with van der Waals surface area (Å²) in [7, 11) is 0. The summed E-state index contributed by atoms with van der Waals surface area (Å²) in [6.45, 7) is 0. The maximum Gasteiger partial charge on any atom is 0.153 e. The largest absolute Gasteiger partial charge is 0.306 e. The predicted molar refractivity (Wildman–Crippen MR) is 72.3 cm³/mol. The Balaban J connectivity index is 2.30. The highest BCUT2D eigenvalue weighted by Crippen LogP contribution is 2.07. The minimum absolute atomic E-state index is 0.323. The van der Waals surface area contributed by atoms with Crippen LogP contribution in [0.4, 0.5) is 0 Å². The fraction of sp³-hybridized carbons (Fsp3) is 0.273. The first-order valence-electron chi connectivity index (χ1n) is 4.65. The smallest absolute Gasteiger partial charge is 0.153 e. The minimum Gasteiger partial charge on any atom is -0.306 e. The monoisotopic (exact) mass is 336 g/mol. The Morgan fingerprint density at radius 2 is 1.93 bits per heavy atom. The van der Waals surface area contributed by atoms with Crippen LogP contribution in [0.15, 0.2) is 36.4 Å². The molecule has 0 aromatic heterocycles. The van der Waals surface area contributed by atoms with Gasteiger partial charge < -0.3 is 4.55 Å². The second-order valence-corrected chi connectivity index (χ2v) is 5.41. The van der Waals surface area contributed by atoms with Crippen molar-refractivity contribution in [2.24, 2.45) is 0 Å². The molecule has 15 heavy (non-hydrogen) atoms. The van der Waals surface area contributed by atoms with Crippen LogP contribution in [0.25, 0.3) is 0 Å². The minimum atomic E-state index is -1.67. The van der Waals surface area contributed by atoms with Crippen LogP contribution in [-0.2, 0) is 17.5 Å². The van der Waals surface area contributed by atoms with E-state index in [4.69, 9.17) is 4.55 Å². The molecular weight excluding hydrogens is 323 g/mol. The van der Waals surface area contributed by atoms with Gasteiger partial charge in [-0.15, -0.1) is 0 Å². The lowest BCUT2D eigenvalue weighted by molar-refractivity contribution is 0.564. The topological polar surface area (TPSA) is 37.3 Å². The van der Waals surface area contributed by atoms with Gasteiger partial charge in [-0.25, -0.2) is 4.21 Å². The number of allylic oxidation sites excluding steroid dienone is 2. The molecule has 0 fully saturated rings. The predicted octanol–water partition coefficient (Wildman–Crippen LogP) is 3.00. The lowest BCUT2D eigenvalue weighted by atomic mass is 10.1. The summed E-state index contributed by atoms with van der Waals surface area (Å²) in [4.78, 5) is 0. The highest BCUT2D eigenvalue weighted by molar-refractivity contribution is 14.1. The van der Waals surface area contributed by atoms with Gasteiger partial charge in [-0.2, -0.15) is 0 Å². The molecule has 0 amide bonds. The maximum absolute atomic E-state index is 10.3. The molecule has 1 rings (SSSR count). The molecule has 0 spiro atoms. The molecule has 4 heteroatoms. The molecule has 0 aliphatic heterocycles. The Bertz CT molecular complexity index is 346. The summed E-state index contributed by atoms with van der Waals surface area (Å²) < 4.78 is 20.1. The van der Waals surface area contributed by atoms with Crippen molar-refractivity contribution in [2.45, 2.75) is 12.8 Å². The molecule has 0 saturated heterocycles. The number of hydrogen-bond acceptors (Lipinski definition) is 1. The zero-order valence-electron chi connectivity index (χ0n) is 8.23. The van der Waals surface area contributed by atoms with Crippen molar-refractivity contribution in [1.29, 1.82) is 0 Å². The van der Waals surface area contributed by atoms with Gasteiger partial charge in [-0.1, -0.05) is 24.3 Å². The molecule has 1 unspecified atom stereocenters. The molecule has 0 aliphatic carbocycles. The van der Waals surface area contributed by atoms with Crippen LogP contribution in [0, 0.1) is 3.57 Å². The maximum atomic E-state index is 10.3. The summed E-state index contributed by atoms with van der Waals surface area (Å²) in [6, 6.07) is 8.34. The number of rotatable bonds is 5. The van der Waals surface area contributed by atoms with Crippen LogP contribution in [0.1, 0.15) is 12.0 Å². The first-order valence-corrected chi connectivity index (χ1v) is 7.01. The SMILES string of the molecule is O=S(O)CCC=CCc1ccc(I)cc1. The van der Waals surface area contributed by atoms with Gasteiger partial charge in [0, 0.05) is 3.57 Å². The molecule has 0 saturated carbocycles. The van der Waals surface area contributed by atoms with E-state index < -0.39 is 11.1 Å². The molecule has 2 nitrogen and oxygen atoms in total. The van der Waals surface area contributed by atoms with Gasteiger partial charge in [0.25, 0.3) is 0 Å². The molecule has 82 valence electrons. The van der Waals surface area contributed by atoms with E-state index >= 15 is 0 Å². The average molecular weight is 336 g/mol. The van der Waals surface area contributed by atoms with Crippen LogP contribution in [0.2, 0.25) is 0 Å². The van der Waals surface area contributed by atoms with Crippen molar-refractivity contribution < 1.29 is 8.76 Å². The van der Waals surface area contributed by atoms with Crippen molar-refractivity contribution >= 4 is 33.7 Å². The Labute approximate surface area is 106 Å². The fourth-order valence-corrected chi connectivity index (χ4v) is 1.82. The highest BCUT2D eigenvalue weighted by Gasteiger charge is 1.91. The van der Waals surface area contributed by atoms with Crippen LogP contribution in [0.5, 0.6) is 0 Å². The van der Waals surface area contributed by atoms with Crippen LogP contribution < -0.4 is 0 Å². The molecule has 0 bridgehead atoms. The van der Waals surface area contributed by atoms with Gasteiger partial charge >= 0.3 is 0 Å². The average Bonchev–Trinajstić information content (AvgIpc) is 2.20. The first kappa shape index (κ1) is 12.9. The Morgan fingerprint density at radius 1 is 1.27 bits per heavy atom. The quantitative estimate of drug-likeness (QED) is 0.510. The Morgan fingerprint density at radius 3 is 2.53 bits per heavy atom. The molecular formula is C11H13IO2S. The molecule has 1 aromatic rings. The van der Waals surface area contributed by atoms with Crippen LogP contribution in [-0.4, -0.2) is 14.5 Å². The third-order valence-electron chi connectivity index (χ3n) is 1.89. The zero-order chi connectivity index (χ0) is 11.1. The second kappa shape index (κ2) is 7.14. The van der Waals surface area contributed by atoms with Gasteiger partial charge in [-0.05, 0) is 53.1 Å². The van der Waals surface area contributed by atoms with Crippen molar-refractivity contribution in [3.63, 3.8) is 0 Å². The summed E-state index contributed by atoms with van der Waals surface area (Å²) in [6.07, 6.45) is 5.53. The second-order valence-electron chi connectivity index (χ2n) is 3.12. The Kier molecular flexibility index (Phi) is 6.12. The van der Waals surface area contributed by atoms with Crippen LogP contribution in [0.3, 0.4) is 0 Å². The fourth-order valence-electron chi connectivity index (χ4n) is 1.13. The summed E-state index contributed by atoms with van der Waals surface area (Å²) in [5.41, 5.74) is 1.26. The molecule has 0 radical (unpaired) electrons. The number of hydrogen-bond donors (Lipinski definition) is 1. The molecule has 1 atom stereocenters. The van der Waals surface area contributed by atoms with Gasteiger partial charge in [-0.3, -0.25) is 0 Å². The van der Waals surface area contributed by atoms with E-state index in [0.717, 1.165) is 6.42 Å². The van der Waals surface area contributed by atoms with E-state index in [1.54, 1.807) is 0 Å². The van der Waals surface area contributed by atoms with Gasteiger partial charge in [0.15, 0.2) is 11.1 Å². The highest BCUT2D eigenvalue weighted by atomic mass is 127. The van der Waals surface area contributed by atoms with E-state index in [1.165, 1.54) is 9.13 Å². The van der Waals surface area contributed by atoms with E-state index in [-0.39, 0.29) is 0 Å². The molecule has 1 N–H and O–H groups in total. The number of halogens is 1. The lowest BCUT2D eigenvalue weighted by Crippen LogP contribution is -1.91. The standard InChI is InChI=1S/C11H13IO2S/c12-11-7-5-10(6-8-11)4-2-1-3-9-15(13)14/h1-2,5-8H,3-4,9H2,(H,13,14). The van der Waals surface area contributed by atoms with Crippen LogP contribution >= 0.6 is 22.6 Å².